The summed E-state index contributed by atoms with van der Waals surface area (Å²) in [6, 6.07) is 5.67. The van der Waals surface area contributed by atoms with Crippen LogP contribution in [0.5, 0.6) is 17.2 Å². The number of aromatic nitrogens is 2. The molecule has 1 heterocycles. The van der Waals surface area contributed by atoms with Gasteiger partial charge in [-0.05, 0) is 50.1 Å². The molecule has 148 valence electrons. The molecule has 0 amide bonds. The highest BCUT2D eigenvalue weighted by Crippen LogP contribution is 2.39. The van der Waals surface area contributed by atoms with Gasteiger partial charge in [0.15, 0.2) is 17.0 Å². The van der Waals surface area contributed by atoms with Gasteiger partial charge >= 0.3 is 0 Å². The number of nitro benzene ring substituents is 1. The maximum absolute atomic E-state index is 11.6. The molecule has 1 aromatic heterocycles. The number of nitrogens with zero attached hydrogens (tertiary/aromatic N) is 3. The molecule has 2 aromatic carbocycles. The Balaban J connectivity index is 2.19. The fraction of sp³-hybridized carbons (Fsp3) is 0.350. The van der Waals surface area contributed by atoms with E-state index in [2.05, 4.69) is 4.98 Å². The molecule has 8 heteroatoms. The maximum atomic E-state index is 11.6. The third-order valence-electron chi connectivity index (χ3n) is 4.97. The van der Waals surface area contributed by atoms with Gasteiger partial charge in [0.25, 0.3) is 5.69 Å². The summed E-state index contributed by atoms with van der Waals surface area (Å²) in [6.45, 7) is 5.92. The van der Waals surface area contributed by atoms with Crippen LogP contribution in [0.25, 0.3) is 11.0 Å². The highest BCUT2D eigenvalue weighted by molar-refractivity contribution is 5.88. The van der Waals surface area contributed by atoms with Crippen molar-refractivity contribution < 1.29 is 19.1 Å². The van der Waals surface area contributed by atoms with Gasteiger partial charge in [0.1, 0.15) is 5.82 Å². The van der Waals surface area contributed by atoms with Crippen LogP contribution in [-0.2, 0) is 6.54 Å². The number of aryl methyl sites for hydroxylation is 2. The predicted octanol–water partition coefficient (Wildman–Crippen LogP) is 3.94. The Morgan fingerprint density at radius 3 is 2.14 bits per heavy atom. The maximum Gasteiger partial charge on any atom is 0.300 e. The lowest BCUT2D eigenvalue weighted by atomic mass is 10.1. The number of hydrogen-bond donors (Lipinski definition) is 0. The third-order valence-corrected chi connectivity index (χ3v) is 4.97. The number of nitro groups is 1. The molecule has 8 nitrogen and oxygen atoms in total. The summed E-state index contributed by atoms with van der Waals surface area (Å²) in [5, 5.41) is 11.6. The minimum absolute atomic E-state index is 0.0572. The highest BCUT2D eigenvalue weighted by Gasteiger charge is 2.23. The minimum Gasteiger partial charge on any atom is -0.493 e. The first-order valence-corrected chi connectivity index (χ1v) is 8.72. The van der Waals surface area contributed by atoms with Crippen molar-refractivity contribution in [2.24, 2.45) is 0 Å². The van der Waals surface area contributed by atoms with Crippen molar-refractivity contribution in [3.8, 4) is 17.2 Å². The number of ether oxygens (including phenoxy) is 3. The smallest absolute Gasteiger partial charge is 0.300 e. The van der Waals surface area contributed by atoms with Gasteiger partial charge in [-0.2, -0.15) is 0 Å². The van der Waals surface area contributed by atoms with Gasteiger partial charge in [0.05, 0.1) is 31.8 Å². The fourth-order valence-corrected chi connectivity index (χ4v) is 3.41. The van der Waals surface area contributed by atoms with E-state index in [1.807, 2.05) is 36.6 Å². The number of hydrogen-bond acceptors (Lipinski definition) is 6. The van der Waals surface area contributed by atoms with Crippen LogP contribution in [0, 0.1) is 30.9 Å². The van der Waals surface area contributed by atoms with Crippen molar-refractivity contribution in [3.05, 3.63) is 50.8 Å². The van der Waals surface area contributed by atoms with Gasteiger partial charge in [-0.1, -0.05) is 0 Å². The van der Waals surface area contributed by atoms with E-state index in [0.29, 0.717) is 40.7 Å². The highest BCUT2D eigenvalue weighted by atomic mass is 16.6. The second-order valence-electron chi connectivity index (χ2n) is 6.57. The number of fused-ring (bicyclic) bond motifs is 1. The Bertz CT molecular complexity index is 1050. The molecular weight excluding hydrogens is 362 g/mol. The van der Waals surface area contributed by atoms with Gasteiger partial charge in [0.2, 0.25) is 5.75 Å². The summed E-state index contributed by atoms with van der Waals surface area (Å²) in [5.74, 6) is 2.31. The van der Waals surface area contributed by atoms with Crippen LogP contribution in [0.3, 0.4) is 0 Å². The standard InChI is InChI=1S/C20H23N3O5/c1-11-7-15-18(19(12(11)2)23(24)25)21-13(3)22(15)10-14-8-16(26-4)20(28-6)17(9-14)27-5/h7-9H,10H2,1-6H3. The molecule has 3 aromatic rings. The fourth-order valence-electron chi connectivity index (χ4n) is 3.41. The van der Waals surface area contributed by atoms with Crippen LogP contribution in [0.2, 0.25) is 0 Å². The summed E-state index contributed by atoms with van der Waals surface area (Å²) in [6.07, 6.45) is 0. The van der Waals surface area contributed by atoms with Crippen LogP contribution in [0.15, 0.2) is 18.2 Å². The quantitative estimate of drug-likeness (QED) is 0.472. The molecule has 0 N–H and O–H groups in total. The third kappa shape index (κ3) is 3.11. The van der Waals surface area contributed by atoms with E-state index in [0.717, 1.165) is 16.6 Å². The van der Waals surface area contributed by atoms with Crippen molar-refractivity contribution in [1.29, 1.82) is 0 Å². The first-order valence-electron chi connectivity index (χ1n) is 8.72. The molecule has 0 atom stereocenters. The minimum atomic E-state index is -0.360. The van der Waals surface area contributed by atoms with Crippen LogP contribution in [0.4, 0.5) is 5.69 Å². The zero-order valence-corrected chi connectivity index (χ0v) is 16.8. The number of methoxy groups -OCH3 is 3. The van der Waals surface area contributed by atoms with Gasteiger partial charge < -0.3 is 18.8 Å². The molecule has 0 radical (unpaired) electrons. The zero-order valence-electron chi connectivity index (χ0n) is 16.8. The molecule has 0 saturated carbocycles. The lowest BCUT2D eigenvalue weighted by Crippen LogP contribution is -2.04. The number of rotatable bonds is 6. The Hall–Kier alpha value is -3.29. The van der Waals surface area contributed by atoms with Gasteiger partial charge in [-0.15, -0.1) is 0 Å². The molecule has 0 aliphatic heterocycles. The lowest BCUT2D eigenvalue weighted by Gasteiger charge is -2.15. The van der Waals surface area contributed by atoms with Crippen LogP contribution in [-0.4, -0.2) is 35.8 Å². The van der Waals surface area contributed by atoms with Crippen LogP contribution >= 0.6 is 0 Å². The molecule has 3 rings (SSSR count). The lowest BCUT2D eigenvalue weighted by molar-refractivity contribution is -0.383. The molecule has 0 spiro atoms. The average molecular weight is 385 g/mol. The number of benzene rings is 2. The van der Waals surface area contributed by atoms with Gasteiger partial charge in [-0.25, -0.2) is 4.98 Å². The Morgan fingerprint density at radius 2 is 1.64 bits per heavy atom. The van der Waals surface area contributed by atoms with E-state index in [-0.39, 0.29) is 10.6 Å². The average Bonchev–Trinajstić information content (AvgIpc) is 2.96. The van der Waals surface area contributed by atoms with Gasteiger partial charge in [0, 0.05) is 12.1 Å². The monoisotopic (exact) mass is 385 g/mol. The summed E-state index contributed by atoms with van der Waals surface area (Å²) < 4.78 is 18.2. The summed E-state index contributed by atoms with van der Waals surface area (Å²) in [7, 11) is 4.68. The largest absolute Gasteiger partial charge is 0.493 e. The Kier molecular flexibility index (Phi) is 5.13. The zero-order chi connectivity index (χ0) is 20.6. The molecule has 28 heavy (non-hydrogen) atoms. The van der Waals surface area contributed by atoms with Crippen molar-refractivity contribution in [1.82, 2.24) is 9.55 Å². The SMILES string of the molecule is COc1cc(Cn2c(C)nc3c([N+](=O)[O-])c(C)c(C)cc32)cc(OC)c1OC. The van der Waals surface area contributed by atoms with Gasteiger partial charge in [-0.3, -0.25) is 10.1 Å². The molecule has 0 bridgehead atoms. The summed E-state index contributed by atoms with van der Waals surface area (Å²) >= 11 is 0. The molecule has 0 fully saturated rings. The Morgan fingerprint density at radius 1 is 1.04 bits per heavy atom. The van der Waals surface area contributed by atoms with Crippen molar-refractivity contribution in [3.63, 3.8) is 0 Å². The first-order chi connectivity index (χ1) is 13.3. The topological polar surface area (TPSA) is 88.7 Å². The van der Waals surface area contributed by atoms with E-state index in [9.17, 15) is 10.1 Å². The van der Waals surface area contributed by atoms with Crippen LogP contribution in [0.1, 0.15) is 22.5 Å². The molecule has 0 saturated heterocycles. The van der Waals surface area contributed by atoms with E-state index >= 15 is 0 Å². The van der Waals surface area contributed by atoms with Crippen LogP contribution < -0.4 is 14.2 Å². The van der Waals surface area contributed by atoms with E-state index < -0.39 is 0 Å². The second kappa shape index (κ2) is 7.38. The molecule has 0 aliphatic rings. The molecule has 0 unspecified atom stereocenters. The van der Waals surface area contributed by atoms with E-state index in [1.165, 1.54) is 0 Å². The van der Waals surface area contributed by atoms with Crippen molar-refractivity contribution in [2.45, 2.75) is 27.3 Å². The predicted molar refractivity (Wildman–Crippen MR) is 106 cm³/mol. The molecular formula is C20H23N3O5. The van der Waals surface area contributed by atoms with Crippen molar-refractivity contribution >= 4 is 16.7 Å². The second-order valence-corrected chi connectivity index (χ2v) is 6.57. The Labute approximate surface area is 162 Å². The molecule has 0 aliphatic carbocycles. The van der Waals surface area contributed by atoms with Crippen molar-refractivity contribution in [2.75, 3.05) is 21.3 Å². The normalized spacial score (nSPS) is 10.9. The first kappa shape index (κ1) is 19.5. The van der Waals surface area contributed by atoms with E-state index in [1.54, 1.807) is 28.3 Å². The number of imidazole rings is 1. The summed E-state index contributed by atoms with van der Waals surface area (Å²) in [4.78, 5) is 15.7. The van der Waals surface area contributed by atoms with E-state index in [4.69, 9.17) is 14.2 Å². The summed E-state index contributed by atoms with van der Waals surface area (Å²) in [5.41, 5.74) is 3.57.